The third kappa shape index (κ3) is 2.53. The molecule has 0 spiro atoms. The smallest absolute Gasteiger partial charge is 0.271 e. The first-order valence-corrected chi connectivity index (χ1v) is 7.31. The highest BCUT2D eigenvalue weighted by Crippen LogP contribution is 2.28. The fourth-order valence-corrected chi connectivity index (χ4v) is 2.89. The van der Waals surface area contributed by atoms with Crippen LogP contribution in [0.5, 0.6) is 0 Å². The van der Waals surface area contributed by atoms with Crippen molar-refractivity contribution in [3.63, 3.8) is 0 Å². The zero-order valence-corrected chi connectivity index (χ0v) is 12.2. The summed E-state index contributed by atoms with van der Waals surface area (Å²) in [6.07, 6.45) is 0. The van der Waals surface area contributed by atoms with Crippen LogP contribution in [0.2, 0.25) is 0 Å². The van der Waals surface area contributed by atoms with Crippen molar-refractivity contribution >= 4 is 28.1 Å². The molecule has 0 bridgehead atoms. The molecule has 0 saturated carbocycles. The molecule has 0 fully saturated rings. The number of imidazole rings is 1. The fraction of sp³-hybridized carbons (Fsp3) is 0.214. The number of fused-ring (bicyclic) bond motifs is 1. The summed E-state index contributed by atoms with van der Waals surface area (Å²) in [7, 11) is 1.65. The molecule has 0 aliphatic heterocycles. The van der Waals surface area contributed by atoms with Gasteiger partial charge in [0.1, 0.15) is 5.82 Å². The first-order chi connectivity index (χ1) is 10.2. The summed E-state index contributed by atoms with van der Waals surface area (Å²) < 4.78 is 7.18. The highest BCUT2D eigenvalue weighted by molar-refractivity contribution is 7.08. The molecule has 3 rings (SSSR count). The number of non-ortho nitro benzene ring substituents is 1. The van der Waals surface area contributed by atoms with E-state index < -0.39 is 4.92 Å². The van der Waals surface area contributed by atoms with Crippen LogP contribution in [-0.2, 0) is 11.3 Å². The molecule has 0 unspecified atom stereocenters. The van der Waals surface area contributed by atoms with Gasteiger partial charge in [-0.3, -0.25) is 10.1 Å². The molecule has 0 aliphatic rings. The minimum atomic E-state index is -0.405. The number of nitro groups is 1. The molecular formula is C14H13N3O3S. The molecular weight excluding hydrogens is 290 g/mol. The number of thiophene rings is 1. The van der Waals surface area contributed by atoms with Gasteiger partial charge < -0.3 is 9.30 Å². The van der Waals surface area contributed by atoms with Gasteiger partial charge in [-0.25, -0.2) is 4.98 Å². The van der Waals surface area contributed by atoms with Gasteiger partial charge in [-0.1, -0.05) is 0 Å². The number of ether oxygens (including phenoxy) is 1. The summed E-state index contributed by atoms with van der Waals surface area (Å²) in [6, 6.07) is 6.74. The third-order valence-electron chi connectivity index (χ3n) is 3.24. The summed E-state index contributed by atoms with van der Waals surface area (Å²) in [5.74, 6) is 0.809. The van der Waals surface area contributed by atoms with Crippen LogP contribution in [0.3, 0.4) is 0 Å². The van der Waals surface area contributed by atoms with Crippen molar-refractivity contribution < 1.29 is 9.66 Å². The summed E-state index contributed by atoms with van der Waals surface area (Å²) in [5, 5.41) is 14.9. The molecule has 3 aromatic rings. The number of hydrogen-bond acceptors (Lipinski definition) is 5. The van der Waals surface area contributed by atoms with Crippen molar-refractivity contribution in [2.24, 2.45) is 0 Å². The molecule has 0 saturated heterocycles. The SMILES string of the molecule is COCCn1c(-c2ccsc2)nc2cc([N+](=O)[O-])ccc21. The maximum atomic E-state index is 10.9. The van der Waals surface area contributed by atoms with Crippen molar-refractivity contribution in [3.8, 4) is 11.4 Å². The molecule has 108 valence electrons. The van der Waals surface area contributed by atoms with E-state index in [1.807, 2.05) is 21.4 Å². The second kappa shape index (κ2) is 5.63. The van der Waals surface area contributed by atoms with E-state index in [2.05, 4.69) is 4.98 Å². The number of nitrogens with zero attached hydrogens (tertiary/aromatic N) is 3. The van der Waals surface area contributed by atoms with Crippen LogP contribution in [0, 0.1) is 10.1 Å². The Morgan fingerprint density at radius 1 is 1.43 bits per heavy atom. The Bertz CT molecular complexity index is 780. The maximum Gasteiger partial charge on any atom is 0.271 e. The molecule has 2 aromatic heterocycles. The van der Waals surface area contributed by atoms with E-state index in [-0.39, 0.29) is 5.69 Å². The van der Waals surface area contributed by atoms with E-state index in [1.165, 1.54) is 12.1 Å². The van der Waals surface area contributed by atoms with E-state index in [4.69, 9.17) is 4.74 Å². The largest absolute Gasteiger partial charge is 0.383 e. The average molecular weight is 303 g/mol. The first-order valence-electron chi connectivity index (χ1n) is 6.37. The van der Waals surface area contributed by atoms with Crippen LogP contribution in [-0.4, -0.2) is 28.2 Å². The van der Waals surface area contributed by atoms with E-state index in [9.17, 15) is 10.1 Å². The Balaban J connectivity index is 2.18. The monoisotopic (exact) mass is 303 g/mol. The Morgan fingerprint density at radius 3 is 2.95 bits per heavy atom. The quantitative estimate of drug-likeness (QED) is 0.535. The molecule has 21 heavy (non-hydrogen) atoms. The number of hydrogen-bond donors (Lipinski definition) is 0. The highest BCUT2D eigenvalue weighted by Gasteiger charge is 2.15. The zero-order valence-electron chi connectivity index (χ0n) is 11.4. The van der Waals surface area contributed by atoms with Crippen molar-refractivity contribution in [2.45, 2.75) is 6.54 Å². The second-order valence-corrected chi connectivity index (χ2v) is 5.30. The summed E-state index contributed by atoms with van der Waals surface area (Å²) in [4.78, 5) is 15.0. The lowest BCUT2D eigenvalue weighted by molar-refractivity contribution is -0.384. The van der Waals surface area contributed by atoms with Crippen LogP contribution in [0.25, 0.3) is 22.4 Å². The Hall–Kier alpha value is -2.25. The zero-order chi connectivity index (χ0) is 14.8. The summed E-state index contributed by atoms with van der Waals surface area (Å²) in [6.45, 7) is 1.20. The summed E-state index contributed by atoms with van der Waals surface area (Å²) in [5.41, 5.74) is 2.56. The first kappa shape index (κ1) is 13.7. The predicted octanol–water partition coefficient (Wildman–Crippen LogP) is 3.32. The minimum Gasteiger partial charge on any atom is -0.383 e. The van der Waals surface area contributed by atoms with Crippen molar-refractivity contribution in [3.05, 3.63) is 45.1 Å². The molecule has 0 atom stereocenters. The molecule has 6 nitrogen and oxygen atoms in total. The van der Waals surface area contributed by atoms with Crippen LogP contribution in [0.1, 0.15) is 0 Å². The van der Waals surface area contributed by atoms with Crippen molar-refractivity contribution in [1.82, 2.24) is 9.55 Å². The van der Waals surface area contributed by atoms with Gasteiger partial charge in [-0.05, 0) is 17.5 Å². The lowest BCUT2D eigenvalue weighted by Crippen LogP contribution is -2.05. The molecule has 2 heterocycles. The Morgan fingerprint density at radius 2 is 2.29 bits per heavy atom. The van der Waals surface area contributed by atoms with Gasteiger partial charge in [-0.2, -0.15) is 11.3 Å². The van der Waals surface area contributed by atoms with Gasteiger partial charge >= 0.3 is 0 Å². The van der Waals surface area contributed by atoms with Crippen molar-refractivity contribution in [2.75, 3.05) is 13.7 Å². The number of methoxy groups -OCH3 is 1. The third-order valence-corrected chi connectivity index (χ3v) is 3.92. The number of benzene rings is 1. The fourth-order valence-electron chi connectivity index (χ4n) is 2.25. The normalized spacial score (nSPS) is 11.1. The van der Waals surface area contributed by atoms with Gasteiger partial charge in [0.25, 0.3) is 5.69 Å². The molecule has 1 aromatic carbocycles. The van der Waals surface area contributed by atoms with Gasteiger partial charge in [0.15, 0.2) is 0 Å². The Labute approximate surface area is 124 Å². The van der Waals surface area contributed by atoms with Gasteiger partial charge in [0.05, 0.1) is 22.6 Å². The average Bonchev–Trinajstić information content (AvgIpc) is 3.11. The topological polar surface area (TPSA) is 70.2 Å². The van der Waals surface area contributed by atoms with E-state index >= 15 is 0 Å². The Kier molecular flexibility index (Phi) is 3.68. The summed E-state index contributed by atoms with van der Waals surface area (Å²) >= 11 is 1.59. The molecule has 0 amide bonds. The number of rotatable bonds is 5. The van der Waals surface area contributed by atoms with E-state index in [0.29, 0.717) is 18.7 Å². The van der Waals surface area contributed by atoms with Crippen LogP contribution in [0.4, 0.5) is 5.69 Å². The number of aromatic nitrogens is 2. The van der Waals surface area contributed by atoms with Gasteiger partial charge in [-0.15, -0.1) is 0 Å². The molecule has 0 N–H and O–H groups in total. The number of nitro benzene ring substituents is 1. The van der Waals surface area contributed by atoms with Crippen LogP contribution < -0.4 is 0 Å². The molecule has 0 radical (unpaired) electrons. The van der Waals surface area contributed by atoms with Crippen molar-refractivity contribution in [1.29, 1.82) is 0 Å². The highest BCUT2D eigenvalue weighted by atomic mass is 32.1. The maximum absolute atomic E-state index is 10.9. The molecule has 7 heteroatoms. The standard InChI is InChI=1S/C14H13N3O3S/c1-20-6-5-16-13-3-2-11(17(18)19)8-12(13)15-14(16)10-4-7-21-9-10/h2-4,7-9H,5-6H2,1H3. The minimum absolute atomic E-state index is 0.0516. The van der Waals surface area contributed by atoms with Gasteiger partial charge in [0, 0.05) is 36.7 Å². The predicted molar refractivity (Wildman–Crippen MR) is 81.6 cm³/mol. The van der Waals surface area contributed by atoms with Gasteiger partial charge in [0.2, 0.25) is 0 Å². The van der Waals surface area contributed by atoms with Crippen LogP contribution >= 0.6 is 11.3 Å². The molecule has 0 aliphatic carbocycles. The lowest BCUT2D eigenvalue weighted by Gasteiger charge is -2.07. The lowest BCUT2D eigenvalue weighted by atomic mass is 10.3. The van der Waals surface area contributed by atoms with E-state index in [1.54, 1.807) is 24.5 Å². The second-order valence-electron chi connectivity index (χ2n) is 4.52. The van der Waals surface area contributed by atoms with E-state index in [0.717, 1.165) is 16.9 Å². The van der Waals surface area contributed by atoms with Crippen LogP contribution in [0.15, 0.2) is 35.0 Å².